The topological polar surface area (TPSA) is 39.7 Å². The second kappa shape index (κ2) is 10.0. The molecule has 1 aliphatic rings. The lowest BCUT2D eigenvalue weighted by Crippen LogP contribution is -2.45. The number of nitrogens with one attached hydrogen (secondary N) is 2. The Kier molecular flexibility index (Phi) is 8.72. The molecule has 1 saturated heterocycles. The van der Waals surface area contributed by atoms with Crippen LogP contribution in [0.3, 0.4) is 0 Å². The Hall–Kier alpha value is -1.12. The Balaban J connectivity index is 0.00000288. The van der Waals surface area contributed by atoms with E-state index in [9.17, 15) is 8.78 Å². The zero-order valence-electron chi connectivity index (χ0n) is 14.5. The average Bonchev–Trinajstić information content (AvgIpc) is 2.94. The second-order valence-electron chi connectivity index (χ2n) is 6.33. The third kappa shape index (κ3) is 5.75. The molecule has 0 amide bonds. The van der Waals surface area contributed by atoms with Crippen LogP contribution in [-0.4, -0.2) is 38.7 Å². The number of para-hydroxylation sites is 1. The number of hydrogen-bond donors (Lipinski definition) is 2. The zero-order valence-corrected chi connectivity index (χ0v) is 16.8. The van der Waals surface area contributed by atoms with Gasteiger partial charge in [-0.05, 0) is 30.9 Å². The Bertz CT molecular complexity index is 531. The van der Waals surface area contributed by atoms with Gasteiger partial charge < -0.3 is 15.5 Å². The number of hydrogen-bond acceptors (Lipinski definition) is 2. The van der Waals surface area contributed by atoms with Crippen LogP contribution in [-0.2, 0) is 0 Å². The third-order valence-corrected chi connectivity index (χ3v) is 4.02. The molecule has 136 valence electrons. The van der Waals surface area contributed by atoms with E-state index in [1.54, 1.807) is 11.9 Å². The minimum Gasteiger partial charge on any atom is -0.365 e. The van der Waals surface area contributed by atoms with Gasteiger partial charge >= 0.3 is 0 Å². The van der Waals surface area contributed by atoms with Crippen LogP contribution in [0.2, 0.25) is 0 Å². The highest BCUT2D eigenvalue weighted by Gasteiger charge is 2.27. The van der Waals surface area contributed by atoms with E-state index in [4.69, 9.17) is 0 Å². The van der Waals surface area contributed by atoms with Crippen LogP contribution in [0.5, 0.6) is 0 Å². The highest BCUT2D eigenvalue weighted by molar-refractivity contribution is 14.0. The van der Waals surface area contributed by atoms with E-state index in [2.05, 4.69) is 29.5 Å². The highest BCUT2D eigenvalue weighted by Crippen LogP contribution is 2.26. The molecule has 1 heterocycles. The monoisotopic (exact) mass is 452 g/mol. The summed E-state index contributed by atoms with van der Waals surface area (Å²) in [4.78, 5) is 5.96. The van der Waals surface area contributed by atoms with Gasteiger partial charge in [-0.1, -0.05) is 19.9 Å². The first-order chi connectivity index (χ1) is 11.0. The van der Waals surface area contributed by atoms with Gasteiger partial charge in [0.05, 0.1) is 0 Å². The molecule has 0 saturated carbocycles. The van der Waals surface area contributed by atoms with Crippen molar-refractivity contribution in [1.29, 1.82) is 0 Å². The molecule has 1 unspecified atom stereocenters. The van der Waals surface area contributed by atoms with Crippen molar-refractivity contribution < 1.29 is 8.78 Å². The summed E-state index contributed by atoms with van der Waals surface area (Å²) < 4.78 is 27.7. The van der Waals surface area contributed by atoms with Gasteiger partial charge in [-0.25, -0.2) is 8.78 Å². The van der Waals surface area contributed by atoms with Crippen molar-refractivity contribution in [3.8, 4) is 0 Å². The van der Waals surface area contributed by atoms with E-state index in [0.717, 1.165) is 25.3 Å². The van der Waals surface area contributed by atoms with E-state index in [1.807, 2.05) is 0 Å². The maximum absolute atomic E-state index is 13.9. The molecule has 2 N–H and O–H groups in total. The number of rotatable bonds is 5. The molecular weight excluding hydrogens is 425 g/mol. The van der Waals surface area contributed by atoms with Crippen molar-refractivity contribution in [3.05, 3.63) is 29.8 Å². The molecular formula is C17H27F2IN4. The summed E-state index contributed by atoms with van der Waals surface area (Å²) >= 11 is 0. The molecule has 0 spiro atoms. The molecule has 1 aromatic carbocycles. The first-order valence-electron chi connectivity index (χ1n) is 8.17. The molecule has 1 fully saturated rings. The highest BCUT2D eigenvalue weighted by atomic mass is 127. The van der Waals surface area contributed by atoms with Crippen LogP contribution >= 0.6 is 24.0 Å². The summed E-state index contributed by atoms with van der Waals surface area (Å²) in [5.74, 6) is 0.355. The van der Waals surface area contributed by atoms with E-state index in [-0.39, 0.29) is 35.7 Å². The maximum atomic E-state index is 13.9. The van der Waals surface area contributed by atoms with Crippen LogP contribution in [0.4, 0.5) is 14.5 Å². The Morgan fingerprint density at radius 1 is 1.33 bits per heavy atom. The first kappa shape index (κ1) is 20.9. The quantitative estimate of drug-likeness (QED) is 0.409. The molecule has 1 aromatic rings. The number of benzene rings is 1. The number of aliphatic imine (C=N–C) groups is 1. The Labute approximate surface area is 160 Å². The van der Waals surface area contributed by atoms with Crippen LogP contribution in [0, 0.1) is 17.6 Å². The molecule has 0 radical (unpaired) electrons. The third-order valence-electron chi connectivity index (χ3n) is 4.02. The van der Waals surface area contributed by atoms with Crippen molar-refractivity contribution in [2.75, 3.05) is 31.6 Å². The summed E-state index contributed by atoms with van der Waals surface area (Å²) in [5, 5.41) is 6.61. The molecule has 0 bridgehead atoms. The van der Waals surface area contributed by atoms with Crippen molar-refractivity contribution in [2.24, 2.45) is 10.9 Å². The van der Waals surface area contributed by atoms with Gasteiger partial charge in [0.15, 0.2) is 5.96 Å². The fourth-order valence-electron chi connectivity index (χ4n) is 2.74. The van der Waals surface area contributed by atoms with Gasteiger partial charge in [-0.3, -0.25) is 4.99 Å². The minimum atomic E-state index is -0.509. The molecule has 2 rings (SSSR count). The predicted octanol–water partition coefficient (Wildman–Crippen LogP) is 3.37. The van der Waals surface area contributed by atoms with E-state index in [0.29, 0.717) is 19.0 Å². The van der Waals surface area contributed by atoms with Gasteiger partial charge in [0.2, 0.25) is 0 Å². The number of halogens is 3. The van der Waals surface area contributed by atoms with Gasteiger partial charge in [0.1, 0.15) is 17.3 Å². The van der Waals surface area contributed by atoms with Crippen molar-refractivity contribution in [3.63, 3.8) is 0 Å². The standard InChI is InChI=1S/C17H26F2N4.HI/c1-12(2)7-9-21-17(20-3)22-13-8-10-23(11-13)16-14(18)5-4-6-15(16)19;/h4-6,12-13H,7-11H2,1-3H3,(H2,20,21,22);1H. The van der Waals surface area contributed by atoms with Gasteiger partial charge in [0, 0.05) is 32.7 Å². The molecule has 1 atom stereocenters. The van der Waals surface area contributed by atoms with Gasteiger partial charge in [-0.15, -0.1) is 24.0 Å². The summed E-state index contributed by atoms with van der Waals surface area (Å²) in [6.45, 7) is 6.39. The maximum Gasteiger partial charge on any atom is 0.191 e. The molecule has 0 aromatic heterocycles. The fourth-order valence-corrected chi connectivity index (χ4v) is 2.74. The Morgan fingerprint density at radius 3 is 2.58 bits per heavy atom. The SMILES string of the molecule is CN=C(NCCC(C)C)NC1CCN(c2c(F)cccc2F)C1.I. The smallest absolute Gasteiger partial charge is 0.191 e. The minimum absolute atomic E-state index is 0. The summed E-state index contributed by atoms with van der Waals surface area (Å²) in [5.41, 5.74) is 0.0690. The summed E-state index contributed by atoms with van der Waals surface area (Å²) in [6, 6.07) is 4.11. The molecule has 24 heavy (non-hydrogen) atoms. The van der Waals surface area contributed by atoms with E-state index >= 15 is 0 Å². The first-order valence-corrected chi connectivity index (χ1v) is 8.17. The average molecular weight is 452 g/mol. The number of nitrogens with zero attached hydrogens (tertiary/aromatic N) is 2. The van der Waals surface area contributed by atoms with Crippen LogP contribution in [0.15, 0.2) is 23.2 Å². The summed E-state index contributed by atoms with van der Waals surface area (Å²) in [6.07, 6.45) is 1.89. The number of anilines is 1. The van der Waals surface area contributed by atoms with E-state index < -0.39 is 11.6 Å². The van der Waals surface area contributed by atoms with Crippen LogP contribution < -0.4 is 15.5 Å². The van der Waals surface area contributed by atoms with Gasteiger partial charge in [-0.2, -0.15) is 0 Å². The zero-order chi connectivity index (χ0) is 16.8. The lowest BCUT2D eigenvalue weighted by Gasteiger charge is -2.21. The lowest BCUT2D eigenvalue weighted by atomic mass is 10.1. The Morgan fingerprint density at radius 2 is 2.00 bits per heavy atom. The molecule has 4 nitrogen and oxygen atoms in total. The van der Waals surface area contributed by atoms with Crippen LogP contribution in [0.25, 0.3) is 0 Å². The van der Waals surface area contributed by atoms with E-state index in [1.165, 1.54) is 18.2 Å². The molecule has 0 aliphatic carbocycles. The van der Waals surface area contributed by atoms with Gasteiger partial charge in [0.25, 0.3) is 0 Å². The molecule has 1 aliphatic heterocycles. The molecule has 7 heteroatoms. The van der Waals surface area contributed by atoms with Crippen LogP contribution in [0.1, 0.15) is 26.7 Å². The largest absolute Gasteiger partial charge is 0.365 e. The predicted molar refractivity (Wildman–Crippen MR) is 106 cm³/mol. The van der Waals surface area contributed by atoms with Crippen molar-refractivity contribution in [2.45, 2.75) is 32.7 Å². The number of guanidine groups is 1. The summed E-state index contributed by atoms with van der Waals surface area (Å²) in [7, 11) is 1.73. The lowest BCUT2D eigenvalue weighted by molar-refractivity contribution is 0.566. The second-order valence-corrected chi connectivity index (χ2v) is 6.33. The fraction of sp³-hybridized carbons (Fsp3) is 0.588. The normalized spacial score (nSPS) is 17.8. The van der Waals surface area contributed by atoms with Crippen molar-refractivity contribution >= 4 is 35.6 Å². The van der Waals surface area contributed by atoms with Crippen molar-refractivity contribution in [1.82, 2.24) is 10.6 Å².